The van der Waals surface area contributed by atoms with Gasteiger partial charge < -0.3 is 9.80 Å². The van der Waals surface area contributed by atoms with E-state index in [2.05, 4.69) is 50.3 Å². The van der Waals surface area contributed by atoms with Crippen LogP contribution in [0, 0.1) is 16.7 Å². The molecule has 0 saturated carbocycles. The fourth-order valence-corrected chi connectivity index (χ4v) is 2.83. The van der Waals surface area contributed by atoms with E-state index >= 15 is 0 Å². The second-order valence-electron chi connectivity index (χ2n) is 7.07. The van der Waals surface area contributed by atoms with Crippen LogP contribution in [0.3, 0.4) is 0 Å². The molecule has 1 fully saturated rings. The number of likely N-dealkylation sites (tertiary alicyclic amines) is 1. The van der Waals surface area contributed by atoms with Crippen molar-refractivity contribution in [2.45, 2.75) is 65.8 Å². The third-order valence-electron chi connectivity index (χ3n) is 4.31. The van der Waals surface area contributed by atoms with Crippen molar-refractivity contribution in [3.05, 3.63) is 12.7 Å². The topological polar surface area (TPSA) is 30.3 Å². The molecular formula is C19H37N3. The van der Waals surface area contributed by atoms with Gasteiger partial charge in [0.25, 0.3) is 0 Å². The third kappa shape index (κ3) is 9.23. The number of hydrogen-bond acceptors (Lipinski definition) is 3. The lowest BCUT2D eigenvalue weighted by Crippen LogP contribution is -2.38. The Morgan fingerprint density at radius 3 is 2.50 bits per heavy atom. The van der Waals surface area contributed by atoms with Gasteiger partial charge in [0.2, 0.25) is 0 Å². The highest BCUT2D eigenvalue weighted by molar-refractivity contribution is 4.99. The van der Waals surface area contributed by atoms with Crippen LogP contribution in [0.2, 0.25) is 0 Å². The highest BCUT2D eigenvalue weighted by Gasteiger charge is 2.28. The van der Waals surface area contributed by atoms with Gasteiger partial charge in [-0.25, -0.2) is 0 Å². The lowest BCUT2D eigenvalue weighted by Gasteiger charge is -2.33. The number of unbranched alkanes of at least 4 members (excludes halogenated alkanes) is 1. The largest absolute Gasteiger partial charge is 0.305 e. The van der Waals surface area contributed by atoms with Gasteiger partial charge >= 0.3 is 0 Å². The molecule has 0 aromatic carbocycles. The van der Waals surface area contributed by atoms with Crippen molar-refractivity contribution >= 4 is 0 Å². The van der Waals surface area contributed by atoms with Crippen molar-refractivity contribution in [1.82, 2.24) is 9.80 Å². The average molecular weight is 308 g/mol. The van der Waals surface area contributed by atoms with Gasteiger partial charge in [-0.2, -0.15) is 5.26 Å². The first-order valence-corrected chi connectivity index (χ1v) is 8.83. The number of nitrogens with zero attached hydrogens (tertiary/aromatic N) is 3. The van der Waals surface area contributed by atoms with Crippen molar-refractivity contribution < 1.29 is 0 Å². The minimum atomic E-state index is -0.0764. The van der Waals surface area contributed by atoms with Crippen LogP contribution in [0.15, 0.2) is 12.7 Å². The van der Waals surface area contributed by atoms with Crippen LogP contribution < -0.4 is 0 Å². The lowest BCUT2D eigenvalue weighted by molar-refractivity contribution is 0.173. The lowest BCUT2D eigenvalue weighted by atomic mass is 9.84. The molecule has 0 aliphatic carbocycles. The Morgan fingerprint density at radius 1 is 1.41 bits per heavy atom. The molecule has 1 aliphatic rings. The standard InChI is InChI=1S/C11H23N.C8H14N2/c1-5-7-9-12(11(3)4)10-8-6-2;1-8(6-9)4-3-5-10(2)7-8/h5,11H,1,6-10H2,2-4H3;3-5,7H2,1-2H3. The summed E-state index contributed by atoms with van der Waals surface area (Å²) in [6.07, 6.45) is 7.95. The van der Waals surface area contributed by atoms with E-state index in [9.17, 15) is 0 Å². The van der Waals surface area contributed by atoms with Crippen LogP contribution in [0.5, 0.6) is 0 Å². The zero-order chi connectivity index (χ0) is 17.0. The SMILES string of the molecule is C=CCCN(CCCC)C(C)C.CN1CCCC(C)(C#N)C1. The summed E-state index contributed by atoms with van der Waals surface area (Å²) in [5.74, 6) is 0. The quantitative estimate of drug-likeness (QED) is 0.656. The van der Waals surface area contributed by atoms with Gasteiger partial charge in [-0.1, -0.05) is 19.4 Å². The molecule has 1 unspecified atom stereocenters. The Kier molecular flexibility index (Phi) is 11.2. The van der Waals surface area contributed by atoms with Crippen molar-refractivity contribution in [3.63, 3.8) is 0 Å². The molecule has 0 bridgehead atoms. The van der Waals surface area contributed by atoms with E-state index in [1.165, 1.54) is 32.4 Å². The summed E-state index contributed by atoms with van der Waals surface area (Å²) in [6, 6.07) is 3.05. The second kappa shape index (κ2) is 11.7. The predicted molar refractivity (Wildman–Crippen MR) is 96.9 cm³/mol. The summed E-state index contributed by atoms with van der Waals surface area (Å²) in [4.78, 5) is 4.75. The summed E-state index contributed by atoms with van der Waals surface area (Å²) in [5.41, 5.74) is -0.0764. The molecule has 3 nitrogen and oxygen atoms in total. The third-order valence-corrected chi connectivity index (χ3v) is 4.31. The summed E-state index contributed by atoms with van der Waals surface area (Å²) in [7, 11) is 2.08. The zero-order valence-electron chi connectivity index (χ0n) is 15.6. The summed E-state index contributed by atoms with van der Waals surface area (Å²) < 4.78 is 0. The molecule has 0 radical (unpaired) electrons. The van der Waals surface area contributed by atoms with E-state index in [-0.39, 0.29) is 5.41 Å². The maximum atomic E-state index is 8.79. The van der Waals surface area contributed by atoms with E-state index in [4.69, 9.17) is 5.26 Å². The summed E-state index contributed by atoms with van der Waals surface area (Å²) in [5, 5.41) is 8.79. The molecule has 1 saturated heterocycles. The van der Waals surface area contributed by atoms with E-state index in [0.29, 0.717) is 6.04 Å². The first-order chi connectivity index (χ1) is 10.4. The van der Waals surface area contributed by atoms with Crippen molar-refractivity contribution in [3.8, 4) is 6.07 Å². The van der Waals surface area contributed by atoms with E-state index < -0.39 is 0 Å². The Bertz CT molecular complexity index is 332. The highest BCUT2D eigenvalue weighted by atomic mass is 15.1. The fraction of sp³-hybridized carbons (Fsp3) is 0.842. The molecule has 128 valence electrons. The van der Waals surface area contributed by atoms with Crippen LogP contribution in [-0.4, -0.2) is 49.1 Å². The molecule has 1 atom stereocenters. The predicted octanol–water partition coefficient (Wildman–Crippen LogP) is 4.31. The Labute approximate surface area is 139 Å². The summed E-state index contributed by atoms with van der Waals surface area (Å²) >= 11 is 0. The number of hydrogen-bond donors (Lipinski definition) is 0. The minimum Gasteiger partial charge on any atom is -0.305 e. The second-order valence-corrected chi connectivity index (χ2v) is 7.07. The monoisotopic (exact) mass is 307 g/mol. The smallest absolute Gasteiger partial charge is 0.0700 e. The maximum Gasteiger partial charge on any atom is 0.0700 e. The first kappa shape index (κ1) is 21.1. The van der Waals surface area contributed by atoms with E-state index in [1.54, 1.807) is 0 Å². The minimum absolute atomic E-state index is 0.0764. The molecule has 1 aliphatic heterocycles. The van der Waals surface area contributed by atoms with Gasteiger partial charge in [0, 0.05) is 19.1 Å². The number of rotatable bonds is 7. The molecule has 0 amide bonds. The van der Waals surface area contributed by atoms with Gasteiger partial charge in [-0.05, 0) is 66.6 Å². The van der Waals surface area contributed by atoms with Crippen molar-refractivity contribution in [2.24, 2.45) is 5.41 Å². The van der Waals surface area contributed by atoms with Gasteiger partial charge in [0.1, 0.15) is 0 Å². The van der Waals surface area contributed by atoms with Gasteiger partial charge in [-0.15, -0.1) is 6.58 Å². The molecule has 0 spiro atoms. The maximum absolute atomic E-state index is 8.79. The first-order valence-electron chi connectivity index (χ1n) is 8.83. The van der Waals surface area contributed by atoms with E-state index in [1.807, 2.05) is 13.0 Å². The van der Waals surface area contributed by atoms with Crippen LogP contribution in [0.1, 0.15) is 59.8 Å². The molecule has 0 N–H and O–H groups in total. The van der Waals surface area contributed by atoms with Crippen LogP contribution >= 0.6 is 0 Å². The Balaban J connectivity index is 0.000000406. The van der Waals surface area contributed by atoms with Crippen LogP contribution in [-0.2, 0) is 0 Å². The number of nitriles is 1. The number of piperidine rings is 1. The highest BCUT2D eigenvalue weighted by Crippen LogP contribution is 2.27. The molecule has 22 heavy (non-hydrogen) atoms. The fourth-order valence-electron chi connectivity index (χ4n) is 2.83. The van der Waals surface area contributed by atoms with Crippen LogP contribution in [0.25, 0.3) is 0 Å². The normalized spacial score (nSPS) is 22.1. The molecule has 1 rings (SSSR count). The molecule has 3 heteroatoms. The average Bonchev–Trinajstić information content (AvgIpc) is 2.47. The van der Waals surface area contributed by atoms with E-state index in [0.717, 1.165) is 25.9 Å². The van der Waals surface area contributed by atoms with Crippen LogP contribution in [0.4, 0.5) is 0 Å². The zero-order valence-corrected chi connectivity index (χ0v) is 15.6. The molecular weight excluding hydrogens is 270 g/mol. The molecule has 0 aromatic heterocycles. The van der Waals surface area contributed by atoms with Crippen molar-refractivity contribution in [1.29, 1.82) is 5.26 Å². The van der Waals surface area contributed by atoms with Crippen molar-refractivity contribution in [2.75, 3.05) is 33.2 Å². The van der Waals surface area contributed by atoms with Gasteiger partial charge in [-0.3, -0.25) is 0 Å². The molecule has 1 heterocycles. The van der Waals surface area contributed by atoms with Gasteiger partial charge in [0.15, 0.2) is 0 Å². The Hall–Kier alpha value is -0.850. The summed E-state index contributed by atoms with van der Waals surface area (Å²) in [6.45, 7) is 17.0. The van der Waals surface area contributed by atoms with Gasteiger partial charge in [0.05, 0.1) is 11.5 Å². The molecule has 0 aromatic rings. The Morgan fingerprint density at radius 2 is 2.09 bits per heavy atom.